The average molecular weight is 614 g/mol. The van der Waals surface area contributed by atoms with Crippen molar-refractivity contribution in [3.05, 3.63) is 28.8 Å². The van der Waals surface area contributed by atoms with Gasteiger partial charge in [-0.05, 0) is 44.9 Å². The van der Waals surface area contributed by atoms with Gasteiger partial charge in [-0.15, -0.1) is 0 Å². The summed E-state index contributed by atoms with van der Waals surface area (Å²) >= 11 is 0. The summed E-state index contributed by atoms with van der Waals surface area (Å²) in [5.74, 6) is -2.26. The molecular weight excluding hydrogens is 577 g/mol. The monoisotopic (exact) mass is 613 g/mol. The van der Waals surface area contributed by atoms with Gasteiger partial charge < -0.3 is 31.2 Å². The molecule has 1 amide bonds. The van der Waals surface area contributed by atoms with E-state index in [1.54, 1.807) is 6.92 Å². The maximum Gasteiger partial charge on any atom is 0.417 e. The van der Waals surface area contributed by atoms with Gasteiger partial charge >= 0.3 is 12.2 Å². The number of halogens is 5. The Kier molecular flexibility index (Phi) is 11.2. The van der Waals surface area contributed by atoms with Crippen LogP contribution >= 0.6 is 0 Å². The molecule has 2 aromatic heterocycles. The fourth-order valence-electron chi connectivity index (χ4n) is 4.49. The van der Waals surface area contributed by atoms with E-state index < -0.39 is 52.0 Å². The molecule has 0 aliphatic carbocycles. The molecular formula is C28H36F5N7O3. The lowest BCUT2D eigenvalue weighted by Crippen LogP contribution is -2.26. The van der Waals surface area contributed by atoms with Gasteiger partial charge in [0.15, 0.2) is 5.82 Å². The molecule has 15 heteroatoms. The van der Waals surface area contributed by atoms with Gasteiger partial charge in [-0.2, -0.15) is 23.1 Å². The number of anilines is 2. The van der Waals surface area contributed by atoms with E-state index in [-0.39, 0.29) is 34.5 Å². The van der Waals surface area contributed by atoms with E-state index in [0.29, 0.717) is 32.1 Å². The van der Waals surface area contributed by atoms with Crippen molar-refractivity contribution >= 4 is 28.3 Å². The van der Waals surface area contributed by atoms with Crippen molar-refractivity contribution < 1.29 is 36.2 Å². The first-order chi connectivity index (χ1) is 20.4. The molecule has 0 spiro atoms. The number of rotatable bonds is 2. The van der Waals surface area contributed by atoms with Crippen LogP contribution in [0.25, 0.3) is 22.2 Å². The smallest absolute Gasteiger partial charge is 0.417 e. The lowest BCUT2D eigenvalue weighted by molar-refractivity contribution is -0.137. The Morgan fingerprint density at radius 3 is 2.35 bits per heavy atom. The summed E-state index contributed by atoms with van der Waals surface area (Å²) in [4.78, 5) is 22.5. The van der Waals surface area contributed by atoms with E-state index in [2.05, 4.69) is 30.9 Å². The normalized spacial score (nSPS) is 16.8. The zero-order valence-corrected chi connectivity index (χ0v) is 24.6. The number of nitrogens with zero attached hydrogens (tertiary/aromatic N) is 3. The molecule has 43 heavy (non-hydrogen) atoms. The van der Waals surface area contributed by atoms with Crippen LogP contribution in [0.1, 0.15) is 51.2 Å². The molecule has 0 bridgehead atoms. The van der Waals surface area contributed by atoms with Crippen molar-refractivity contribution in [2.45, 2.75) is 59.2 Å². The largest absolute Gasteiger partial charge is 0.474 e. The van der Waals surface area contributed by atoms with Gasteiger partial charge in [-0.1, -0.05) is 13.8 Å². The van der Waals surface area contributed by atoms with E-state index in [1.165, 1.54) is 7.11 Å². The summed E-state index contributed by atoms with van der Waals surface area (Å²) in [6, 6.07) is 0.495. The highest BCUT2D eigenvalue weighted by molar-refractivity contribution is 5.96. The zero-order chi connectivity index (χ0) is 31.9. The van der Waals surface area contributed by atoms with Crippen LogP contribution in [0, 0.1) is 18.6 Å². The number of alkyl halides is 3. The number of nitrogens with two attached hydrogens (primary N) is 1. The van der Waals surface area contributed by atoms with Crippen molar-refractivity contribution in [2.75, 3.05) is 44.3 Å². The molecule has 3 aromatic rings. The molecule has 2 aliphatic heterocycles. The number of ether oxygens (including phenoxy) is 2. The molecule has 4 heterocycles. The van der Waals surface area contributed by atoms with Gasteiger partial charge in [0.25, 0.3) is 0 Å². The molecule has 1 saturated heterocycles. The van der Waals surface area contributed by atoms with E-state index in [9.17, 15) is 22.4 Å². The Bertz CT molecular complexity index is 1450. The molecule has 1 unspecified atom stereocenters. The number of pyridine rings is 1. The third-order valence-corrected chi connectivity index (χ3v) is 6.52. The van der Waals surface area contributed by atoms with Crippen LogP contribution in [0.2, 0.25) is 0 Å². The Labute approximate surface area is 246 Å². The van der Waals surface area contributed by atoms with Crippen LogP contribution in [0.3, 0.4) is 0 Å². The van der Waals surface area contributed by atoms with Crippen LogP contribution < -0.4 is 31.2 Å². The number of nitrogens with one attached hydrogen (secondary N) is 3. The molecule has 0 saturated carbocycles. The van der Waals surface area contributed by atoms with E-state index in [1.807, 2.05) is 13.8 Å². The number of hydrogen-bond donors (Lipinski definition) is 4. The van der Waals surface area contributed by atoms with Gasteiger partial charge in [-0.25, -0.2) is 13.8 Å². The van der Waals surface area contributed by atoms with E-state index in [0.717, 1.165) is 26.3 Å². The van der Waals surface area contributed by atoms with Crippen LogP contribution in [0.4, 0.5) is 33.5 Å². The van der Waals surface area contributed by atoms with E-state index >= 15 is 4.39 Å². The highest BCUT2D eigenvalue weighted by Gasteiger charge is 2.39. The van der Waals surface area contributed by atoms with Crippen molar-refractivity contribution in [3.63, 3.8) is 0 Å². The molecule has 5 N–H and O–H groups in total. The number of carbonyl (C=O) groups is 1. The number of amides is 1. The number of carbonyl (C=O) groups excluding carboxylic acids is 1. The minimum atomic E-state index is -5.02. The van der Waals surface area contributed by atoms with Crippen molar-refractivity contribution in [1.29, 1.82) is 0 Å². The number of nitrogen functional groups attached to an aromatic ring is 1. The van der Waals surface area contributed by atoms with Crippen molar-refractivity contribution in [1.82, 2.24) is 25.6 Å². The Morgan fingerprint density at radius 2 is 1.77 bits per heavy atom. The Balaban J connectivity index is 0.000000555. The summed E-state index contributed by atoms with van der Waals surface area (Å²) in [7, 11) is 1.27. The van der Waals surface area contributed by atoms with Gasteiger partial charge in [0.1, 0.15) is 28.2 Å². The fraction of sp³-hybridized carbons (Fsp3) is 0.500. The molecule has 10 nitrogen and oxygen atoms in total. The van der Waals surface area contributed by atoms with Gasteiger partial charge in [0.2, 0.25) is 11.8 Å². The molecule has 236 valence electrons. The zero-order valence-electron chi connectivity index (χ0n) is 24.6. The maximum atomic E-state index is 15.9. The van der Waals surface area contributed by atoms with E-state index in [4.69, 9.17) is 15.2 Å². The number of benzene rings is 1. The average Bonchev–Trinajstić information content (AvgIpc) is 3.44. The van der Waals surface area contributed by atoms with Crippen LogP contribution in [-0.2, 0) is 11.0 Å². The van der Waals surface area contributed by atoms with Crippen LogP contribution in [0.5, 0.6) is 11.9 Å². The predicted molar refractivity (Wildman–Crippen MR) is 153 cm³/mol. The summed E-state index contributed by atoms with van der Waals surface area (Å²) in [5.41, 5.74) is 1.04. The van der Waals surface area contributed by atoms with Crippen molar-refractivity contribution in [2.24, 2.45) is 0 Å². The Hall–Kier alpha value is -4.01. The third kappa shape index (κ3) is 7.69. The molecule has 1 aromatic carbocycles. The Morgan fingerprint density at radius 1 is 1.05 bits per heavy atom. The number of methoxy groups -OCH3 is 1. The summed E-state index contributed by atoms with van der Waals surface area (Å²) in [5, 5.41) is 8.96. The lowest BCUT2D eigenvalue weighted by atomic mass is 9.96. The second-order valence-corrected chi connectivity index (χ2v) is 9.53. The van der Waals surface area contributed by atoms with Gasteiger partial charge in [0, 0.05) is 31.6 Å². The molecule has 2 aliphatic rings. The highest BCUT2D eigenvalue weighted by Crippen LogP contribution is 2.44. The summed E-state index contributed by atoms with van der Waals surface area (Å²) in [6.07, 6.45) is -3.16. The first kappa shape index (κ1) is 33.5. The van der Waals surface area contributed by atoms with Crippen molar-refractivity contribution in [3.8, 4) is 23.1 Å². The highest BCUT2D eigenvalue weighted by atomic mass is 19.4. The molecule has 0 radical (unpaired) electrons. The second-order valence-electron chi connectivity index (χ2n) is 9.53. The lowest BCUT2D eigenvalue weighted by Gasteiger charge is -2.21. The van der Waals surface area contributed by atoms with Crippen LogP contribution in [0.15, 0.2) is 6.07 Å². The topological polar surface area (TPSA) is 136 Å². The standard InChI is InChI=1S/C22H23F5N6O2.C4H7NO.C2H6/c1-9-4-5-29-6-7-30-19-13-18(32-21(33-19)34-3)16(24)17(31-20(13)35-9)11-8-12(28)15(23)10(2)14(11)22(25,26)27;6-4-2-1-3-5-4;1-2/h8-9,29H,4-7,28H2,1-3H3,(H,30,32,33);1-3H2,(H,5,6);1-2H3. The van der Waals surface area contributed by atoms with Gasteiger partial charge in [-0.3, -0.25) is 4.79 Å². The minimum absolute atomic E-state index is 0.0427. The number of hydrogen-bond acceptors (Lipinski definition) is 9. The minimum Gasteiger partial charge on any atom is -0.474 e. The number of aromatic nitrogens is 3. The fourth-order valence-corrected chi connectivity index (χ4v) is 4.49. The first-order valence-corrected chi connectivity index (χ1v) is 13.9. The summed E-state index contributed by atoms with van der Waals surface area (Å²) in [6.45, 7) is 9.11. The second kappa shape index (κ2) is 14.4. The molecule has 1 atom stereocenters. The van der Waals surface area contributed by atoms with Crippen LogP contribution in [-0.4, -0.2) is 60.3 Å². The maximum absolute atomic E-state index is 15.9. The SMILES string of the molecule is CC.COc1nc2c3c(nc(-c4cc(N)c(F)c(C)c4C(F)(F)F)c(F)c3n1)OC(C)CCNCCN2.O=C1CCCN1. The predicted octanol–water partition coefficient (Wildman–Crippen LogP) is 4.98. The quantitative estimate of drug-likeness (QED) is 0.233. The molecule has 5 rings (SSSR count). The summed E-state index contributed by atoms with van der Waals surface area (Å²) < 4.78 is 83.3. The third-order valence-electron chi connectivity index (χ3n) is 6.52. The molecule has 1 fully saturated rings. The van der Waals surface area contributed by atoms with Gasteiger partial charge in [0.05, 0.1) is 24.5 Å². The first-order valence-electron chi connectivity index (χ1n) is 13.9.